The number of ether oxygens (including phenoxy) is 1. The molecular weight excluding hydrogens is 423 g/mol. The van der Waals surface area contributed by atoms with Gasteiger partial charge in [-0.15, -0.1) is 0 Å². The smallest absolute Gasteiger partial charge is 0.370 e. The molecule has 170 valence electrons. The lowest BCUT2D eigenvalue weighted by molar-refractivity contribution is -0.137. The number of rotatable bonds is 6. The molecule has 2 rings (SSSR count). The molecule has 0 bridgehead atoms. The van der Waals surface area contributed by atoms with E-state index in [1.165, 1.54) is 0 Å². The molecule has 1 aromatic rings. The molecule has 1 aromatic carbocycles. The minimum atomic E-state index is -4.84. The molecule has 1 atom stereocenters. The first-order chi connectivity index (χ1) is 14.4. The summed E-state index contributed by atoms with van der Waals surface area (Å²) in [6, 6.07) is -0.194. The number of amides is 5. The lowest BCUT2D eigenvalue weighted by Gasteiger charge is -2.29. The first kappa shape index (κ1) is 23.9. The standard InChI is InChI=1S/C18H22F3N5O5/c1-9(2)23-17(30)25-14(15(22)28)16(29)24-10-3-4-12(11(7-10)18(19,20)21)26-5-6-31-8-13(26)27/h3-4,7,9,14H,5-6,8H2,1-2H3,(H2,22,28)(H,24,29)(H2,23,25,30)/t14-/m0/s1. The second-order valence-electron chi connectivity index (χ2n) is 6.92. The molecule has 13 heteroatoms. The number of hydrogen-bond acceptors (Lipinski definition) is 5. The normalized spacial score (nSPS) is 15.4. The van der Waals surface area contributed by atoms with E-state index in [0.717, 1.165) is 17.0 Å². The summed E-state index contributed by atoms with van der Waals surface area (Å²) in [5.74, 6) is -2.97. The number of halogens is 3. The Morgan fingerprint density at radius 2 is 1.87 bits per heavy atom. The first-order valence-corrected chi connectivity index (χ1v) is 9.16. The van der Waals surface area contributed by atoms with Crippen molar-refractivity contribution in [1.82, 2.24) is 10.6 Å². The summed E-state index contributed by atoms with van der Waals surface area (Å²) >= 11 is 0. The monoisotopic (exact) mass is 445 g/mol. The zero-order valence-corrected chi connectivity index (χ0v) is 16.7. The van der Waals surface area contributed by atoms with Gasteiger partial charge in [0.2, 0.25) is 5.91 Å². The van der Waals surface area contributed by atoms with Crippen molar-refractivity contribution in [2.75, 3.05) is 30.0 Å². The molecule has 0 saturated carbocycles. The molecule has 10 nitrogen and oxygen atoms in total. The molecule has 1 aliphatic heterocycles. The van der Waals surface area contributed by atoms with E-state index in [2.05, 4.69) is 16.0 Å². The van der Waals surface area contributed by atoms with Crippen LogP contribution in [0.25, 0.3) is 0 Å². The Morgan fingerprint density at radius 3 is 2.42 bits per heavy atom. The minimum absolute atomic E-state index is 0.0632. The molecular formula is C18H22F3N5O5. The predicted octanol–water partition coefficient (Wildman–Crippen LogP) is 0.569. The number of morpholine rings is 1. The zero-order chi connectivity index (χ0) is 23.3. The van der Waals surface area contributed by atoms with E-state index >= 15 is 0 Å². The van der Waals surface area contributed by atoms with E-state index in [1.807, 2.05) is 0 Å². The van der Waals surface area contributed by atoms with Crippen LogP contribution in [0, 0.1) is 0 Å². The number of nitrogens with one attached hydrogen (secondary N) is 3. The third-order valence-corrected chi connectivity index (χ3v) is 4.09. The predicted molar refractivity (Wildman–Crippen MR) is 103 cm³/mol. The minimum Gasteiger partial charge on any atom is -0.370 e. The number of primary amides is 1. The van der Waals surface area contributed by atoms with Crippen molar-refractivity contribution in [3.05, 3.63) is 23.8 Å². The Morgan fingerprint density at radius 1 is 1.19 bits per heavy atom. The second kappa shape index (κ2) is 9.64. The van der Waals surface area contributed by atoms with Gasteiger partial charge in [-0.1, -0.05) is 0 Å². The summed E-state index contributed by atoms with van der Waals surface area (Å²) in [6.45, 7) is 2.94. The molecule has 5 N–H and O–H groups in total. The van der Waals surface area contributed by atoms with E-state index in [0.29, 0.717) is 6.07 Å². The van der Waals surface area contributed by atoms with Crippen LogP contribution in [0.5, 0.6) is 0 Å². The number of carbonyl (C=O) groups excluding carboxylic acids is 4. The number of hydrogen-bond donors (Lipinski definition) is 4. The molecule has 1 fully saturated rings. The molecule has 31 heavy (non-hydrogen) atoms. The van der Waals surface area contributed by atoms with E-state index in [4.69, 9.17) is 10.5 Å². The van der Waals surface area contributed by atoms with Crippen LogP contribution >= 0.6 is 0 Å². The van der Waals surface area contributed by atoms with Crippen molar-refractivity contribution >= 4 is 35.1 Å². The van der Waals surface area contributed by atoms with Crippen molar-refractivity contribution in [2.24, 2.45) is 5.73 Å². The van der Waals surface area contributed by atoms with Gasteiger partial charge in [-0.3, -0.25) is 14.4 Å². The third-order valence-electron chi connectivity index (χ3n) is 4.09. The summed E-state index contributed by atoms with van der Waals surface area (Å²) in [7, 11) is 0. The van der Waals surface area contributed by atoms with Crippen LogP contribution < -0.4 is 26.6 Å². The molecule has 0 aromatic heterocycles. The highest BCUT2D eigenvalue weighted by molar-refractivity contribution is 6.11. The number of anilines is 2. The second-order valence-corrected chi connectivity index (χ2v) is 6.92. The first-order valence-electron chi connectivity index (χ1n) is 9.16. The van der Waals surface area contributed by atoms with E-state index in [9.17, 15) is 32.3 Å². The van der Waals surface area contributed by atoms with Crippen LogP contribution in [0.3, 0.4) is 0 Å². The number of carbonyl (C=O) groups is 4. The van der Waals surface area contributed by atoms with Crippen LogP contribution in [0.15, 0.2) is 18.2 Å². The molecule has 0 spiro atoms. The zero-order valence-electron chi connectivity index (χ0n) is 16.7. The molecule has 1 aliphatic rings. The van der Waals surface area contributed by atoms with Crippen LogP contribution in [0.1, 0.15) is 19.4 Å². The number of nitrogens with zero attached hydrogens (tertiary/aromatic N) is 1. The van der Waals surface area contributed by atoms with Crippen molar-refractivity contribution in [3.63, 3.8) is 0 Å². The van der Waals surface area contributed by atoms with Crippen LogP contribution in [-0.4, -0.2) is 55.6 Å². The van der Waals surface area contributed by atoms with Crippen molar-refractivity contribution in [3.8, 4) is 0 Å². The molecule has 0 unspecified atom stereocenters. The molecule has 0 aliphatic carbocycles. The van der Waals surface area contributed by atoms with Crippen LogP contribution in [0.2, 0.25) is 0 Å². The van der Waals surface area contributed by atoms with Gasteiger partial charge in [0.25, 0.3) is 11.8 Å². The van der Waals surface area contributed by atoms with Crippen LogP contribution in [0.4, 0.5) is 29.3 Å². The Kier molecular flexibility index (Phi) is 7.44. The fraction of sp³-hybridized carbons (Fsp3) is 0.444. The highest BCUT2D eigenvalue weighted by Gasteiger charge is 2.37. The maximum absolute atomic E-state index is 13.6. The molecule has 0 radical (unpaired) electrons. The SMILES string of the molecule is CC(C)NC(=O)N[C@@H](C(N)=O)C(=O)Nc1ccc(N2CCOCC2=O)c(C(F)(F)F)c1. The highest BCUT2D eigenvalue weighted by atomic mass is 19.4. The Bertz CT molecular complexity index is 875. The number of urea groups is 1. The average molecular weight is 445 g/mol. The fourth-order valence-electron chi connectivity index (χ4n) is 2.76. The third kappa shape index (κ3) is 6.31. The summed E-state index contributed by atoms with van der Waals surface area (Å²) in [4.78, 5) is 48.6. The number of nitrogens with two attached hydrogens (primary N) is 1. The van der Waals surface area contributed by atoms with Gasteiger partial charge >= 0.3 is 12.2 Å². The summed E-state index contributed by atoms with van der Waals surface area (Å²) in [5, 5.41) is 6.57. The highest BCUT2D eigenvalue weighted by Crippen LogP contribution is 2.38. The average Bonchev–Trinajstić information content (AvgIpc) is 2.65. The lowest BCUT2D eigenvalue weighted by Crippen LogP contribution is -2.55. The fourth-order valence-corrected chi connectivity index (χ4v) is 2.76. The van der Waals surface area contributed by atoms with E-state index in [1.54, 1.807) is 13.8 Å². The van der Waals surface area contributed by atoms with Crippen LogP contribution in [-0.2, 0) is 25.3 Å². The van der Waals surface area contributed by atoms with Gasteiger partial charge in [0.05, 0.1) is 17.9 Å². The maximum Gasteiger partial charge on any atom is 0.418 e. The largest absolute Gasteiger partial charge is 0.418 e. The maximum atomic E-state index is 13.6. The van der Waals surface area contributed by atoms with Gasteiger partial charge in [0, 0.05) is 18.3 Å². The lowest BCUT2D eigenvalue weighted by atomic mass is 10.1. The number of benzene rings is 1. The summed E-state index contributed by atoms with van der Waals surface area (Å²) in [6.07, 6.45) is -4.84. The summed E-state index contributed by atoms with van der Waals surface area (Å²) < 4.78 is 45.7. The molecule has 1 saturated heterocycles. The van der Waals surface area contributed by atoms with E-state index in [-0.39, 0.29) is 37.2 Å². The van der Waals surface area contributed by atoms with Gasteiger partial charge in [0.1, 0.15) is 6.61 Å². The quantitative estimate of drug-likeness (QED) is 0.474. The molecule has 5 amide bonds. The Hall–Kier alpha value is -3.35. The van der Waals surface area contributed by atoms with Gasteiger partial charge < -0.3 is 31.3 Å². The van der Waals surface area contributed by atoms with Crippen molar-refractivity contribution in [1.29, 1.82) is 0 Å². The van der Waals surface area contributed by atoms with Gasteiger partial charge in [-0.2, -0.15) is 13.2 Å². The van der Waals surface area contributed by atoms with Gasteiger partial charge in [-0.25, -0.2) is 4.79 Å². The van der Waals surface area contributed by atoms with Crippen molar-refractivity contribution in [2.45, 2.75) is 32.1 Å². The Labute approximate surface area is 175 Å². The topological polar surface area (TPSA) is 143 Å². The summed E-state index contributed by atoms with van der Waals surface area (Å²) in [5.41, 5.74) is 3.27. The van der Waals surface area contributed by atoms with Crippen molar-refractivity contribution < 1.29 is 37.1 Å². The number of alkyl halides is 3. The van der Waals surface area contributed by atoms with Gasteiger partial charge in [0.15, 0.2) is 6.04 Å². The van der Waals surface area contributed by atoms with E-state index < -0.39 is 41.5 Å². The Balaban J connectivity index is 2.27. The van der Waals surface area contributed by atoms with Gasteiger partial charge in [-0.05, 0) is 32.0 Å². The molecule has 1 heterocycles.